The van der Waals surface area contributed by atoms with Crippen molar-refractivity contribution >= 4 is 17.3 Å². The van der Waals surface area contributed by atoms with Crippen LogP contribution in [0.25, 0.3) is 0 Å². The number of rotatable bonds is 2. The number of nitrogens with two attached hydrogens (primary N) is 1. The molecule has 1 aliphatic heterocycles. The molecule has 3 rings (SSSR count). The van der Waals surface area contributed by atoms with Gasteiger partial charge in [0.2, 0.25) is 0 Å². The molecule has 0 amide bonds. The molecule has 0 unspecified atom stereocenters. The van der Waals surface area contributed by atoms with Crippen molar-refractivity contribution in [1.82, 2.24) is 4.98 Å². The first-order chi connectivity index (χ1) is 10.1. The molecular formula is C15H16N4O2. The molecule has 0 atom stereocenters. The summed E-state index contributed by atoms with van der Waals surface area (Å²) in [5.74, 6) is 0.745. The van der Waals surface area contributed by atoms with Crippen LogP contribution in [0.5, 0.6) is 0 Å². The summed E-state index contributed by atoms with van der Waals surface area (Å²) in [6.45, 7) is 1.51. The Morgan fingerprint density at radius 2 is 2.00 bits per heavy atom. The molecule has 0 fully saturated rings. The van der Waals surface area contributed by atoms with Crippen molar-refractivity contribution in [1.29, 1.82) is 0 Å². The highest BCUT2D eigenvalue weighted by Gasteiger charge is 2.18. The number of aryl methyl sites for hydroxylation is 1. The molecule has 108 valence electrons. The molecule has 0 saturated heterocycles. The minimum Gasteiger partial charge on any atom is -0.383 e. The summed E-state index contributed by atoms with van der Waals surface area (Å²) in [6, 6.07) is 11.1. The van der Waals surface area contributed by atoms with E-state index in [1.165, 1.54) is 23.3 Å². The van der Waals surface area contributed by atoms with Crippen molar-refractivity contribution in [3.05, 3.63) is 57.6 Å². The van der Waals surface area contributed by atoms with E-state index in [9.17, 15) is 10.1 Å². The maximum Gasteiger partial charge on any atom is 0.276 e. The predicted octanol–water partition coefficient (Wildman–Crippen LogP) is 2.52. The van der Waals surface area contributed by atoms with Crippen LogP contribution in [0.3, 0.4) is 0 Å². The largest absolute Gasteiger partial charge is 0.383 e. The standard InChI is InChI=1S/C15H16N4O2/c16-14-8-13(19(20)21)9-15(17-14)18-7-3-6-11-4-1-2-5-12(11)10-18/h1-2,4-5,8-9H,3,6-7,10H2,(H2,16,17). The number of hydrogen-bond acceptors (Lipinski definition) is 5. The van der Waals surface area contributed by atoms with Gasteiger partial charge in [0, 0.05) is 13.1 Å². The summed E-state index contributed by atoms with van der Waals surface area (Å²) in [5, 5.41) is 11.0. The van der Waals surface area contributed by atoms with Crippen LogP contribution >= 0.6 is 0 Å². The number of nitrogens with zero attached hydrogens (tertiary/aromatic N) is 3. The fraction of sp³-hybridized carbons (Fsp3) is 0.267. The Hall–Kier alpha value is -2.63. The molecule has 0 radical (unpaired) electrons. The number of nitro groups is 1. The molecule has 1 aromatic heterocycles. The minimum absolute atomic E-state index is 0.0185. The van der Waals surface area contributed by atoms with Crippen molar-refractivity contribution < 1.29 is 4.92 Å². The first kappa shape index (κ1) is 13.4. The first-order valence-corrected chi connectivity index (χ1v) is 6.87. The molecule has 2 heterocycles. The first-order valence-electron chi connectivity index (χ1n) is 6.87. The third-order valence-corrected chi connectivity index (χ3v) is 3.70. The zero-order chi connectivity index (χ0) is 14.8. The monoisotopic (exact) mass is 284 g/mol. The van der Waals surface area contributed by atoms with Crippen LogP contribution in [0.1, 0.15) is 17.5 Å². The second kappa shape index (κ2) is 5.40. The van der Waals surface area contributed by atoms with Crippen LogP contribution in [0.4, 0.5) is 17.3 Å². The van der Waals surface area contributed by atoms with E-state index in [2.05, 4.69) is 22.0 Å². The molecule has 21 heavy (non-hydrogen) atoms. The SMILES string of the molecule is Nc1cc([N+](=O)[O-])cc(N2CCCc3ccccc3C2)n1. The lowest BCUT2D eigenvalue weighted by Gasteiger charge is -2.22. The molecular weight excluding hydrogens is 268 g/mol. The van der Waals surface area contributed by atoms with E-state index in [4.69, 9.17) is 5.73 Å². The Balaban J connectivity index is 1.95. The van der Waals surface area contributed by atoms with Crippen LogP contribution in [0.15, 0.2) is 36.4 Å². The van der Waals surface area contributed by atoms with Gasteiger partial charge in [0.15, 0.2) is 0 Å². The van der Waals surface area contributed by atoms with Crippen LogP contribution in [-0.4, -0.2) is 16.5 Å². The van der Waals surface area contributed by atoms with E-state index in [0.717, 1.165) is 19.4 Å². The van der Waals surface area contributed by atoms with E-state index in [-0.39, 0.29) is 11.5 Å². The summed E-state index contributed by atoms with van der Waals surface area (Å²) in [6.07, 6.45) is 2.00. The Bertz CT molecular complexity index is 687. The zero-order valence-corrected chi connectivity index (χ0v) is 11.5. The average Bonchev–Trinajstić information content (AvgIpc) is 2.68. The summed E-state index contributed by atoms with van der Waals surface area (Å²) >= 11 is 0. The van der Waals surface area contributed by atoms with E-state index >= 15 is 0 Å². The molecule has 0 spiro atoms. The molecule has 6 nitrogen and oxygen atoms in total. The topological polar surface area (TPSA) is 85.3 Å². The van der Waals surface area contributed by atoms with Gasteiger partial charge in [-0.25, -0.2) is 4.98 Å². The highest BCUT2D eigenvalue weighted by Crippen LogP contribution is 2.26. The van der Waals surface area contributed by atoms with Crippen molar-refractivity contribution in [2.75, 3.05) is 17.2 Å². The molecule has 0 saturated carbocycles. The number of nitrogen functional groups attached to an aromatic ring is 1. The molecule has 6 heteroatoms. The van der Waals surface area contributed by atoms with Gasteiger partial charge in [-0.3, -0.25) is 10.1 Å². The average molecular weight is 284 g/mol. The predicted molar refractivity (Wildman–Crippen MR) is 81.1 cm³/mol. The van der Waals surface area contributed by atoms with E-state index in [1.807, 2.05) is 12.1 Å². The van der Waals surface area contributed by atoms with E-state index < -0.39 is 4.92 Å². The molecule has 2 N–H and O–H groups in total. The fourth-order valence-corrected chi connectivity index (χ4v) is 2.69. The van der Waals surface area contributed by atoms with Gasteiger partial charge in [0.05, 0.1) is 17.1 Å². The van der Waals surface area contributed by atoms with Crippen molar-refractivity contribution in [2.24, 2.45) is 0 Å². The normalized spacial score (nSPS) is 14.4. The Morgan fingerprint density at radius 3 is 2.76 bits per heavy atom. The Kier molecular flexibility index (Phi) is 3.43. The van der Waals surface area contributed by atoms with Gasteiger partial charge in [-0.1, -0.05) is 24.3 Å². The maximum atomic E-state index is 11.0. The summed E-state index contributed by atoms with van der Waals surface area (Å²) < 4.78 is 0. The second-order valence-electron chi connectivity index (χ2n) is 5.16. The number of benzene rings is 1. The van der Waals surface area contributed by atoms with Crippen LogP contribution in [0, 0.1) is 10.1 Å². The van der Waals surface area contributed by atoms with Gasteiger partial charge in [0.1, 0.15) is 11.6 Å². The number of aromatic nitrogens is 1. The highest BCUT2D eigenvalue weighted by atomic mass is 16.6. The van der Waals surface area contributed by atoms with Crippen LogP contribution < -0.4 is 10.6 Å². The van der Waals surface area contributed by atoms with Gasteiger partial charge in [-0.2, -0.15) is 0 Å². The molecule has 2 aromatic rings. The van der Waals surface area contributed by atoms with E-state index in [0.29, 0.717) is 12.4 Å². The van der Waals surface area contributed by atoms with Gasteiger partial charge >= 0.3 is 0 Å². The van der Waals surface area contributed by atoms with Gasteiger partial charge in [-0.05, 0) is 24.0 Å². The number of hydrogen-bond donors (Lipinski definition) is 1. The minimum atomic E-state index is -0.437. The van der Waals surface area contributed by atoms with Gasteiger partial charge in [0.25, 0.3) is 5.69 Å². The lowest BCUT2D eigenvalue weighted by Crippen LogP contribution is -2.24. The highest BCUT2D eigenvalue weighted by molar-refractivity contribution is 5.55. The van der Waals surface area contributed by atoms with E-state index in [1.54, 1.807) is 0 Å². The Labute approximate surface area is 122 Å². The van der Waals surface area contributed by atoms with Crippen molar-refractivity contribution in [2.45, 2.75) is 19.4 Å². The van der Waals surface area contributed by atoms with Gasteiger partial charge < -0.3 is 10.6 Å². The number of fused-ring (bicyclic) bond motifs is 1. The fourth-order valence-electron chi connectivity index (χ4n) is 2.69. The lowest BCUT2D eigenvalue weighted by atomic mass is 10.0. The van der Waals surface area contributed by atoms with Crippen molar-refractivity contribution in [3.8, 4) is 0 Å². The van der Waals surface area contributed by atoms with Gasteiger partial charge in [-0.15, -0.1) is 0 Å². The summed E-state index contributed by atoms with van der Waals surface area (Å²) in [4.78, 5) is 16.8. The molecule has 0 bridgehead atoms. The van der Waals surface area contributed by atoms with Crippen LogP contribution in [-0.2, 0) is 13.0 Å². The quantitative estimate of drug-likeness (QED) is 0.676. The Morgan fingerprint density at radius 1 is 1.24 bits per heavy atom. The molecule has 1 aromatic carbocycles. The number of anilines is 2. The van der Waals surface area contributed by atoms with Crippen LogP contribution in [0.2, 0.25) is 0 Å². The molecule has 0 aliphatic carbocycles. The van der Waals surface area contributed by atoms with Crippen molar-refractivity contribution in [3.63, 3.8) is 0 Å². The molecule has 1 aliphatic rings. The lowest BCUT2D eigenvalue weighted by molar-refractivity contribution is -0.384. The maximum absolute atomic E-state index is 11.0. The third-order valence-electron chi connectivity index (χ3n) is 3.70. The smallest absolute Gasteiger partial charge is 0.276 e. The zero-order valence-electron chi connectivity index (χ0n) is 11.5. The third kappa shape index (κ3) is 2.79. The summed E-state index contributed by atoms with van der Waals surface area (Å²) in [7, 11) is 0. The summed E-state index contributed by atoms with van der Waals surface area (Å²) in [5.41, 5.74) is 8.25. The second-order valence-corrected chi connectivity index (χ2v) is 5.16. The number of pyridine rings is 1.